The van der Waals surface area contributed by atoms with Crippen LogP contribution in [0, 0.1) is 0 Å². The van der Waals surface area contributed by atoms with E-state index >= 15 is 0 Å². The third kappa shape index (κ3) is 1.93. The van der Waals surface area contributed by atoms with E-state index in [-0.39, 0.29) is 0 Å². The first-order valence-corrected chi connectivity index (χ1v) is 4.02. The molecule has 0 aliphatic carbocycles. The van der Waals surface area contributed by atoms with E-state index in [1.54, 1.807) is 0 Å². The molecular formula is C6H12BNO3. The van der Waals surface area contributed by atoms with Crippen LogP contribution in [-0.2, 0) is 14.0 Å². The first-order chi connectivity index (χ1) is 5.45. The summed E-state index contributed by atoms with van der Waals surface area (Å²) in [5.41, 5.74) is 0. The summed E-state index contributed by atoms with van der Waals surface area (Å²) in [5, 5.41) is 0. The van der Waals surface area contributed by atoms with Gasteiger partial charge in [0, 0.05) is 39.5 Å². The fourth-order valence-electron chi connectivity index (χ4n) is 1.31. The van der Waals surface area contributed by atoms with Crippen molar-refractivity contribution in [2.75, 3.05) is 39.5 Å². The van der Waals surface area contributed by atoms with Crippen molar-refractivity contribution in [3.05, 3.63) is 0 Å². The molecule has 3 aliphatic heterocycles. The summed E-state index contributed by atoms with van der Waals surface area (Å²) in [7, 11) is -0.405. The second-order valence-electron chi connectivity index (χ2n) is 2.74. The van der Waals surface area contributed by atoms with Crippen molar-refractivity contribution < 1.29 is 14.0 Å². The fraction of sp³-hybridized carbons (Fsp3) is 1.00. The minimum Gasteiger partial charge on any atom is -0.385 e. The van der Waals surface area contributed by atoms with Gasteiger partial charge in [-0.25, -0.2) is 0 Å². The van der Waals surface area contributed by atoms with E-state index in [2.05, 4.69) is 4.90 Å². The lowest BCUT2D eigenvalue weighted by molar-refractivity contribution is 0.0157. The molecule has 62 valence electrons. The molecule has 3 saturated heterocycles. The zero-order valence-electron chi connectivity index (χ0n) is 6.49. The maximum Gasteiger partial charge on any atom is 0.639 e. The van der Waals surface area contributed by atoms with Gasteiger partial charge in [-0.2, -0.15) is 0 Å². The standard InChI is InChI=1S/C6H12BNO3/c1-4-9-7-10-5-2-8(1)3-6-11-7/h1-6H2. The quantitative estimate of drug-likeness (QED) is 0.437. The first-order valence-electron chi connectivity index (χ1n) is 4.02. The third-order valence-corrected chi connectivity index (χ3v) is 1.98. The van der Waals surface area contributed by atoms with E-state index in [4.69, 9.17) is 14.0 Å². The summed E-state index contributed by atoms with van der Waals surface area (Å²) in [5.74, 6) is 0. The SMILES string of the molecule is C1CN2CCOB(O1)OCC2. The minimum absolute atomic E-state index is 0.405. The zero-order valence-corrected chi connectivity index (χ0v) is 6.49. The highest BCUT2D eigenvalue weighted by Crippen LogP contribution is 2.03. The summed E-state index contributed by atoms with van der Waals surface area (Å²) in [6.07, 6.45) is 0. The number of fused-ring (bicyclic) bond motifs is 6. The molecule has 0 aromatic rings. The average molecular weight is 157 g/mol. The van der Waals surface area contributed by atoms with Crippen molar-refractivity contribution >= 4 is 7.32 Å². The zero-order chi connectivity index (χ0) is 7.52. The van der Waals surface area contributed by atoms with Crippen molar-refractivity contribution in [1.29, 1.82) is 0 Å². The molecule has 2 bridgehead atoms. The van der Waals surface area contributed by atoms with Crippen molar-refractivity contribution in [3.8, 4) is 0 Å². The highest BCUT2D eigenvalue weighted by atomic mass is 16.7. The van der Waals surface area contributed by atoms with Crippen molar-refractivity contribution in [1.82, 2.24) is 4.90 Å². The van der Waals surface area contributed by atoms with E-state index in [0.717, 1.165) is 19.6 Å². The van der Waals surface area contributed by atoms with Crippen LogP contribution in [0.4, 0.5) is 0 Å². The summed E-state index contributed by atoms with van der Waals surface area (Å²) in [6, 6.07) is 0. The largest absolute Gasteiger partial charge is 0.639 e. The molecule has 3 rings (SSSR count). The molecule has 0 N–H and O–H groups in total. The second kappa shape index (κ2) is 3.54. The predicted molar refractivity (Wildman–Crippen MR) is 40.1 cm³/mol. The van der Waals surface area contributed by atoms with Crippen molar-refractivity contribution in [2.24, 2.45) is 0 Å². The number of nitrogens with zero attached hydrogens (tertiary/aromatic N) is 1. The Labute approximate surface area is 66.6 Å². The van der Waals surface area contributed by atoms with E-state index in [9.17, 15) is 0 Å². The molecule has 0 saturated carbocycles. The fourth-order valence-corrected chi connectivity index (χ4v) is 1.31. The Hall–Kier alpha value is -0.0951. The van der Waals surface area contributed by atoms with Gasteiger partial charge in [-0.15, -0.1) is 0 Å². The van der Waals surface area contributed by atoms with Gasteiger partial charge in [0.15, 0.2) is 0 Å². The van der Waals surface area contributed by atoms with Gasteiger partial charge in [0.05, 0.1) is 0 Å². The molecule has 3 fully saturated rings. The number of hydrogen-bond acceptors (Lipinski definition) is 4. The molecule has 0 atom stereocenters. The van der Waals surface area contributed by atoms with Crippen LogP contribution in [0.15, 0.2) is 0 Å². The number of hydrogen-bond donors (Lipinski definition) is 0. The third-order valence-electron chi connectivity index (χ3n) is 1.98. The normalized spacial score (nSPS) is 27.8. The monoisotopic (exact) mass is 157 g/mol. The van der Waals surface area contributed by atoms with Crippen LogP contribution in [0.1, 0.15) is 0 Å². The van der Waals surface area contributed by atoms with E-state index in [0.29, 0.717) is 19.8 Å². The van der Waals surface area contributed by atoms with Gasteiger partial charge in [-0.05, 0) is 0 Å². The van der Waals surface area contributed by atoms with Gasteiger partial charge >= 0.3 is 7.32 Å². The molecule has 0 radical (unpaired) electrons. The Kier molecular flexibility index (Phi) is 2.43. The molecular weight excluding hydrogens is 145 g/mol. The average Bonchev–Trinajstić information content (AvgIpc) is 1.80. The Morgan fingerprint density at radius 2 is 1.27 bits per heavy atom. The van der Waals surface area contributed by atoms with Gasteiger partial charge < -0.3 is 14.0 Å². The van der Waals surface area contributed by atoms with E-state index < -0.39 is 7.32 Å². The second-order valence-corrected chi connectivity index (χ2v) is 2.74. The molecule has 0 unspecified atom stereocenters. The van der Waals surface area contributed by atoms with Crippen LogP contribution in [-0.4, -0.2) is 51.7 Å². The maximum absolute atomic E-state index is 5.27. The molecule has 0 spiro atoms. The van der Waals surface area contributed by atoms with Crippen molar-refractivity contribution in [3.63, 3.8) is 0 Å². The number of rotatable bonds is 0. The van der Waals surface area contributed by atoms with Gasteiger partial charge in [0.25, 0.3) is 0 Å². The topological polar surface area (TPSA) is 30.9 Å². The van der Waals surface area contributed by atoms with Gasteiger partial charge in [-0.1, -0.05) is 0 Å². The van der Waals surface area contributed by atoms with E-state index in [1.807, 2.05) is 0 Å². The smallest absolute Gasteiger partial charge is 0.385 e. The Balaban J connectivity index is 1.96. The highest BCUT2D eigenvalue weighted by Gasteiger charge is 2.26. The van der Waals surface area contributed by atoms with Crippen LogP contribution >= 0.6 is 0 Å². The maximum atomic E-state index is 5.27. The van der Waals surface area contributed by atoms with Crippen LogP contribution < -0.4 is 0 Å². The predicted octanol–water partition coefficient (Wildman–Crippen LogP) is -0.650. The van der Waals surface area contributed by atoms with Crippen LogP contribution in [0.5, 0.6) is 0 Å². The molecule has 0 aromatic carbocycles. The Morgan fingerprint density at radius 1 is 0.818 bits per heavy atom. The lowest BCUT2D eigenvalue weighted by Gasteiger charge is -2.30. The molecule has 4 nitrogen and oxygen atoms in total. The van der Waals surface area contributed by atoms with E-state index in [1.165, 1.54) is 0 Å². The molecule has 3 heterocycles. The van der Waals surface area contributed by atoms with Crippen molar-refractivity contribution in [2.45, 2.75) is 0 Å². The summed E-state index contributed by atoms with van der Waals surface area (Å²) in [4.78, 5) is 2.29. The van der Waals surface area contributed by atoms with Gasteiger partial charge in [-0.3, -0.25) is 4.90 Å². The summed E-state index contributed by atoms with van der Waals surface area (Å²) >= 11 is 0. The molecule has 3 aliphatic rings. The van der Waals surface area contributed by atoms with Crippen LogP contribution in [0.3, 0.4) is 0 Å². The molecule has 11 heavy (non-hydrogen) atoms. The molecule has 0 aromatic heterocycles. The molecule has 5 heteroatoms. The Bertz CT molecular complexity index is 99.2. The van der Waals surface area contributed by atoms with Crippen LogP contribution in [0.25, 0.3) is 0 Å². The van der Waals surface area contributed by atoms with Crippen LogP contribution in [0.2, 0.25) is 0 Å². The Morgan fingerprint density at radius 3 is 1.73 bits per heavy atom. The summed E-state index contributed by atoms with van der Waals surface area (Å²) < 4.78 is 15.8. The summed E-state index contributed by atoms with van der Waals surface area (Å²) in [6.45, 7) is 5.15. The van der Waals surface area contributed by atoms with Gasteiger partial charge in [0.2, 0.25) is 0 Å². The minimum atomic E-state index is -0.405. The highest BCUT2D eigenvalue weighted by molar-refractivity contribution is 6.36. The lowest BCUT2D eigenvalue weighted by atomic mass is 10.2. The van der Waals surface area contributed by atoms with Gasteiger partial charge in [0.1, 0.15) is 0 Å². The first kappa shape index (κ1) is 7.55. The molecule has 0 amide bonds. The lowest BCUT2D eigenvalue weighted by Crippen LogP contribution is -2.45.